The highest BCUT2D eigenvalue weighted by Crippen LogP contribution is 2.36. The molecule has 7 heteroatoms. The monoisotopic (exact) mass is 330 g/mol. The normalized spacial score (nSPS) is 17.6. The van der Waals surface area contributed by atoms with Gasteiger partial charge in [-0.05, 0) is 37.5 Å². The van der Waals surface area contributed by atoms with Crippen LogP contribution < -0.4 is 5.32 Å². The largest absolute Gasteiger partial charge is 0.480 e. The summed E-state index contributed by atoms with van der Waals surface area (Å²) in [4.78, 5) is 49.2. The van der Waals surface area contributed by atoms with Crippen LogP contribution in [0.3, 0.4) is 0 Å². The predicted octanol–water partition coefficient (Wildman–Crippen LogP) is 1.43. The first-order valence-electron chi connectivity index (χ1n) is 7.96. The topological polar surface area (TPSA) is 104 Å². The SMILES string of the molecule is CCCCN1C(=O)c2ccc(C(=O)NC3(C(=O)O)CC3)cc2C1=O. The lowest BCUT2D eigenvalue weighted by atomic mass is 10.0. The van der Waals surface area contributed by atoms with Gasteiger partial charge in [0.15, 0.2) is 0 Å². The van der Waals surface area contributed by atoms with Crippen LogP contribution in [-0.2, 0) is 4.79 Å². The molecule has 1 aromatic carbocycles. The Hall–Kier alpha value is -2.70. The lowest BCUT2D eigenvalue weighted by Crippen LogP contribution is -2.43. The van der Waals surface area contributed by atoms with Crippen molar-refractivity contribution in [3.63, 3.8) is 0 Å². The summed E-state index contributed by atoms with van der Waals surface area (Å²) in [5.41, 5.74) is -0.529. The van der Waals surface area contributed by atoms with Gasteiger partial charge in [-0.15, -0.1) is 0 Å². The first-order chi connectivity index (χ1) is 11.4. The van der Waals surface area contributed by atoms with Crippen LogP contribution in [0.5, 0.6) is 0 Å². The Balaban J connectivity index is 1.82. The zero-order chi connectivity index (χ0) is 17.5. The van der Waals surface area contributed by atoms with Gasteiger partial charge >= 0.3 is 5.97 Å². The maximum Gasteiger partial charge on any atom is 0.329 e. The third-order valence-corrected chi connectivity index (χ3v) is 4.48. The fourth-order valence-electron chi connectivity index (χ4n) is 2.76. The molecular weight excluding hydrogens is 312 g/mol. The van der Waals surface area contributed by atoms with Gasteiger partial charge in [0.2, 0.25) is 0 Å². The van der Waals surface area contributed by atoms with Crippen LogP contribution in [-0.4, -0.2) is 45.8 Å². The van der Waals surface area contributed by atoms with Crippen LogP contribution in [0.4, 0.5) is 0 Å². The lowest BCUT2D eigenvalue weighted by molar-refractivity contribution is -0.140. The van der Waals surface area contributed by atoms with Crippen molar-refractivity contribution in [3.05, 3.63) is 34.9 Å². The van der Waals surface area contributed by atoms with Gasteiger partial charge in [-0.3, -0.25) is 19.3 Å². The Morgan fingerprint density at radius 2 is 1.88 bits per heavy atom. The fraction of sp³-hybridized carbons (Fsp3) is 0.412. The van der Waals surface area contributed by atoms with Crippen LogP contribution in [0.15, 0.2) is 18.2 Å². The summed E-state index contributed by atoms with van der Waals surface area (Å²) in [7, 11) is 0. The first kappa shape index (κ1) is 16.2. The van der Waals surface area contributed by atoms with E-state index in [1.165, 1.54) is 23.1 Å². The molecule has 1 saturated carbocycles. The molecule has 2 N–H and O–H groups in total. The molecule has 0 atom stereocenters. The minimum atomic E-state index is -1.19. The quantitative estimate of drug-likeness (QED) is 0.768. The third-order valence-electron chi connectivity index (χ3n) is 4.48. The number of hydrogen-bond donors (Lipinski definition) is 2. The van der Waals surface area contributed by atoms with Gasteiger partial charge in [0.1, 0.15) is 5.54 Å². The van der Waals surface area contributed by atoms with E-state index >= 15 is 0 Å². The second kappa shape index (κ2) is 5.74. The van der Waals surface area contributed by atoms with Crippen molar-refractivity contribution in [3.8, 4) is 0 Å². The summed E-state index contributed by atoms with van der Waals surface area (Å²) in [6.07, 6.45) is 2.36. The number of fused-ring (bicyclic) bond motifs is 1. The molecule has 1 aliphatic heterocycles. The number of aliphatic carboxylic acids is 1. The molecule has 0 bridgehead atoms. The smallest absolute Gasteiger partial charge is 0.329 e. The molecule has 2 aliphatic rings. The summed E-state index contributed by atoms with van der Waals surface area (Å²) in [5.74, 6) is -2.36. The molecule has 126 valence electrons. The average molecular weight is 330 g/mol. The molecule has 24 heavy (non-hydrogen) atoms. The van der Waals surface area contributed by atoms with Crippen LogP contribution in [0, 0.1) is 0 Å². The van der Waals surface area contributed by atoms with Gasteiger partial charge in [-0.25, -0.2) is 4.79 Å². The van der Waals surface area contributed by atoms with E-state index in [1.807, 2.05) is 6.92 Å². The number of nitrogens with zero attached hydrogens (tertiary/aromatic N) is 1. The highest BCUT2D eigenvalue weighted by atomic mass is 16.4. The Kier molecular flexibility index (Phi) is 3.87. The maximum atomic E-state index is 12.4. The Morgan fingerprint density at radius 1 is 1.21 bits per heavy atom. The standard InChI is InChI=1S/C17H18N2O5/c1-2-3-8-19-14(21)11-5-4-10(9-12(11)15(19)22)13(20)18-17(6-7-17)16(23)24/h4-5,9H,2-3,6-8H2,1H3,(H,18,20)(H,23,24). The van der Waals surface area contributed by atoms with Crippen molar-refractivity contribution in [2.24, 2.45) is 0 Å². The number of nitrogens with one attached hydrogen (secondary N) is 1. The van der Waals surface area contributed by atoms with Gasteiger partial charge in [-0.2, -0.15) is 0 Å². The molecule has 0 radical (unpaired) electrons. The van der Waals surface area contributed by atoms with Crippen molar-refractivity contribution >= 4 is 23.7 Å². The number of carbonyl (C=O) groups excluding carboxylic acids is 3. The summed E-state index contributed by atoms with van der Waals surface area (Å²) < 4.78 is 0. The molecule has 3 rings (SSSR count). The molecular formula is C17H18N2O5. The molecule has 1 fully saturated rings. The van der Waals surface area contributed by atoms with Crippen molar-refractivity contribution in [1.82, 2.24) is 10.2 Å². The van der Waals surface area contributed by atoms with E-state index in [9.17, 15) is 19.2 Å². The van der Waals surface area contributed by atoms with Crippen LogP contribution in [0.1, 0.15) is 63.7 Å². The van der Waals surface area contributed by atoms with Gasteiger partial charge < -0.3 is 10.4 Å². The van der Waals surface area contributed by atoms with Crippen molar-refractivity contribution in [2.45, 2.75) is 38.1 Å². The average Bonchev–Trinajstić information content (AvgIpc) is 3.30. The number of carboxylic acid groups (broad SMARTS) is 1. The minimum Gasteiger partial charge on any atom is -0.480 e. The van der Waals surface area contributed by atoms with Crippen LogP contribution in [0.2, 0.25) is 0 Å². The molecule has 7 nitrogen and oxygen atoms in total. The number of rotatable bonds is 6. The Bertz CT molecular complexity index is 751. The van der Waals surface area contributed by atoms with Gasteiger partial charge in [-0.1, -0.05) is 13.3 Å². The molecule has 1 heterocycles. The minimum absolute atomic E-state index is 0.180. The van der Waals surface area contributed by atoms with Crippen LogP contribution >= 0.6 is 0 Å². The lowest BCUT2D eigenvalue weighted by Gasteiger charge is -2.12. The van der Waals surface area contributed by atoms with E-state index in [2.05, 4.69) is 5.32 Å². The van der Waals surface area contributed by atoms with E-state index in [4.69, 9.17) is 5.11 Å². The van der Waals surface area contributed by atoms with Gasteiger partial charge in [0.25, 0.3) is 17.7 Å². The number of hydrogen-bond acceptors (Lipinski definition) is 4. The summed E-state index contributed by atoms with van der Waals surface area (Å²) in [5, 5.41) is 11.6. The number of amides is 3. The first-order valence-corrected chi connectivity index (χ1v) is 7.96. The number of carboxylic acids is 1. The van der Waals surface area contributed by atoms with Crippen LogP contribution in [0.25, 0.3) is 0 Å². The fourth-order valence-corrected chi connectivity index (χ4v) is 2.76. The number of unbranched alkanes of at least 4 members (excludes halogenated alkanes) is 1. The van der Waals surface area contributed by atoms with E-state index < -0.39 is 23.3 Å². The van der Waals surface area contributed by atoms with E-state index in [0.717, 1.165) is 12.8 Å². The second-order valence-electron chi connectivity index (χ2n) is 6.22. The van der Waals surface area contributed by atoms with E-state index in [-0.39, 0.29) is 22.6 Å². The molecule has 0 saturated heterocycles. The maximum absolute atomic E-state index is 12.4. The summed E-state index contributed by atoms with van der Waals surface area (Å²) >= 11 is 0. The van der Waals surface area contributed by atoms with Crippen molar-refractivity contribution in [2.75, 3.05) is 6.54 Å². The molecule has 1 aromatic rings. The highest BCUT2D eigenvalue weighted by molar-refractivity contribution is 6.22. The van der Waals surface area contributed by atoms with E-state index in [1.54, 1.807) is 0 Å². The second-order valence-corrected chi connectivity index (χ2v) is 6.22. The number of benzene rings is 1. The molecule has 0 unspecified atom stereocenters. The molecule has 0 aromatic heterocycles. The van der Waals surface area contributed by atoms with E-state index in [0.29, 0.717) is 19.4 Å². The van der Waals surface area contributed by atoms with Gasteiger partial charge in [0.05, 0.1) is 11.1 Å². The third kappa shape index (κ3) is 2.55. The number of carbonyl (C=O) groups is 4. The summed E-state index contributed by atoms with van der Waals surface area (Å²) in [6.45, 7) is 2.32. The molecule has 1 aliphatic carbocycles. The molecule has 0 spiro atoms. The van der Waals surface area contributed by atoms with Gasteiger partial charge in [0, 0.05) is 12.1 Å². The zero-order valence-corrected chi connectivity index (χ0v) is 13.3. The number of imide groups is 1. The Labute approximate surface area is 138 Å². The molecule has 3 amide bonds. The van der Waals surface area contributed by atoms with Crippen molar-refractivity contribution in [1.29, 1.82) is 0 Å². The predicted molar refractivity (Wildman–Crippen MR) is 83.8 cm³/mol. The Morgan fingerprint density at radius 3 is 2.46 bits per heavy atom. The summed E-state index contributed by atoms with van der Waals surface area (Å²) in [6, 6.07) is 4.27. The zero-order valence-electron chi connectivity index (χ0n) is 13.3. The van der Waals surface area contributed by atoms with Crippen molar-refractivity contribution < 1.29 is 24.3 Å². The highest BCUT2D eigenvalue weighted by Gasteiger charge is 2.51.